The lowest BCUT2D eigenvalue weighted by molar-refractivity contribution is 0.279. The standard InChI is InChI=1S/C21H18Cl2N2O2/c1-12-3-6-19-15(9-12)16-11-17(14-5-4-13(22)10-18(14)23)21(27)24(2)20(16)25(19)7-8-26/h3-6,9-11,26H,7-8H2,1-2H3. The second-order valence-electron chi connectivity index (χ2n) is 6.68. The molecule has 1 N–H and O–H groups in total. The third kappa shape index (κ3) is 2.85. The molecule has 0 amide bonds. The zero-order valence-electron chi connectivity index (χ0n) is 15.0. The Morgan fingerprint density at radius 3 is 2.48 bits per heavy atom. The van der Waals surface area contributed by atoms with Gasteiger partial charge in [-0.05, 0) is 37.3 Å². The van der Waals surface area contributed by atoms with Crippen molar-refractivity contribution in [2.24, 2.45) is 7.05 Å². The zero-order valence-corrected chi connectivity index (χ0v) is 16.5. The lowest BCUT2D eigenvalue weighted by Gasteiger charge is -2.11. The highest BCUT2D eigenvalue weighted by atomic mass is 35.5. The van der Waals surface area contributed by atoms with E-state index >= 15 is 0 Å². The molecule has 0 aliphatic rings. The monoisotopic (exact) mass is 400 g/mol. The maximum atomic E-state index is 13.1. The number of rotatable bonds is 3. The summed E-state index contributed by atoms with van der Waals surface area (Å²) in [6.45, 7) is 2.44. The summed E-state index contributed by atoms with van der Waals surface area (Å²) in [5, 5.41) is 12.5. The summed E-state index contributed by atoms with van der Waals surface area (Å²) in [6.07, 6.45) is 0. The van der Waals surface area contributed by atoms with Gasteiger partial charge in [0.15, 0.2) is 0 Å². The molecule has 0 saturated carbocycles. The number of halogens is 2. The summed E-state index contributed by atoms with van der Waals surface area (Å²) >= 11 is 12.4. The first-order valence-corrected chi connectivity index (χ1v) is 9.37. The summed E-state index contributed by atoms with van der Waals surface area (Å²) in [5.74, 6) is 0. The first-order valence-electron chi connectivity index (χ1n) is 8.61. The average molecular weight is 401 g/mol. The Balaban J connectivity index is 2.16. The van der Waals surface area contributed by atoms with Gasteiger partial charge in [0.25, 0.3) is 5.56 Å². The molecule has 4 rings (SSSR count). The Labute approximate surface area is 166 Å². The lowest BCUT2D eigenvalue weighted by Crippen LogP contribution is -2.21. The van der Waals surface area contributed by atoms with Crippen molar-refractivity contribution in [3.63, 3.8) is 0 Å². The normalized spacial score (nSPS) is 11.6. The van der Waals surface area contributed by atoms with Crippen molar-refractivity contribution >= 4 is 45.1 Å². The third-order valence-corrected chi connectivity index (χ3v) is 5.46. The Morgan fingerprint density at radius 2 is 1.78 bits per heavy atom. The quantitative estimate of drug-likeness (QED) is 0.538. The zero-order chi connectivity index (χ0) is 19.3. The molecule has 0 fully saturated rings. The van der Waals surface area contributed by atoms with Gasteiger partial charge in [-0.15, -0.1) is 0 Å². The largest absolute Gasteiger partial charge is 0.395 e. The summed E-state index contributed by atoms with van der Waals surface area (Å²) in [4.78, 5) is 13.1. The highest BCUT2D eigenvalue weighted by Crippen LogP contribution is 2.34. The molecular formula is C21H18Cl2N2O2. The molecule has 0 radical (unpaired) electrons. The van der Waals surface area contributed by atoms with Crippen LogP contribution in [0.5, 0.6) is 0 Å². The van der Waals surface area contributed by atoms with E-state index in [1.165, 1.54) is 0 Å². The number of aliphatic hydroxyl groups excluding tert-OH is 1. The first kappa shape index (κ1) is 18.1. The van der Waals surface area contributed by atoms with Crippen LogP contribution in [0.25, 0.3) is 33.1 Å². The van der Waals surface area contributed by atoms with Crippen molar-refractivity contribution < 1.29 is 5.11 Å². The molecule has 138 valence electrons. The van der Waals surface area contributed by atoms with Gasteiger partial charge in [-0.2, -0.15) is 0 Å². The second kappa shape index (κ2) is 6.71. The Bertz CT molecular complexity index is 1250. The molecule has 27 heavy (non-hydrogen) atoms. The summed E-state index contributed by atoms with van der Waals surface area (Å²) in [6, 6.07) is 13.2. The minimum absolute atomic E-state index is 0.00822. The number of benzene rings is 2. The summed E-state index contributed by atoms with van der Waals surface area (Å²) < 4.78 is 3.61. The van der Waals surface area contributed by atoms with Crippen molar-refractivity contribution in [3.05, 3.63) is 68.4 Å². The van der Waals surface area contributed by atoms with Crippen molar-refractivity contribution in [2.75, 3.05) is 6.61 Å². The van der Waals surface area contributed by atoms with Crippen LogP contribution >= 0.6 is 23.2 Å². The molecule has 2 heterocycles. The van der Waals surface area contributed by atoms with Gasteiger partial charge < -0.3 is 9.67 Å². The Hall–Kier alpha value is -2.27. The van der Waals surface area contributed by atoms with Gasteiger partial charge in [-0.1, -0.05) is 40.9 Å². The topological polar surface area (TPSA) is 47.2 Å². The molecule has 0 saturated heterocycles. The molecular weight excluding hydrogens is 383 g/mol. The number of aryl methyl sites for hydroxylation is 2. The van der Waals surface area contributed by atoms with Crippen molar-refractivity contribution in [1.82, 2.24) is 9.13 Å². The number of aromatic nitrogens is 2. The lowest BCUT2D eigenvalue weighted by atomic mass is 10.0. The van der Waals surface area contributed by atoms with E-state index in [0.29, 0.717) is 27.7 Å². The molecule has 0 aliphatic carbocycles. The maximum Gasteiger partial charge on any atom is 0.259 e. The minimum atomic E-state index is -0.148. The van der Waals surface area contributed by atoms with E-state index in [2.05, 4.69) is 6.07 Å². The minimum Gasteiger partial charge on any atom is -0.395 e. The van der Waals surface area contributed by atoms with Gasteiger partial charge in [-0.25, -0.2) is 0 Å². The SMILES string of the molecule is Cc1ccc2c(c1)c1cc(-c3ccc(Cl)cc3Cl)c(=O)n(C)c1n2CCO. The smallest absolute Gasteiger partial charge is 0.259 e. The van der Waals surface area contributed by atoms with E-state index in [1.807, 2.05) is 29.7 Å². The van der Waals surface area contributed by atoms with E-state index < -0.39 is 0 Å². The Kier molecular flexibility index (Phi) is 4.50. The number of hydrogen-bond acceptors (Lipinski definition) is 2. The van der Waals surface area contributed by atoms with Gasteiger partial charge in [0.2, 0.25) is 0 Å². The van der Waals surface area contributed by atoms with Crippen LogP contribution in [0.1, 0.15) is 5.56 Å². The Morgan fingerprint density at radius 1 is 1.00 bits per heavy atom. The fourth-order valence-electron chi connectivity index (χ4n) is 3.70. The predicted octanol–water partition coefficient (Wildman–Crippen LogP) is 4.77. The molecule has 4 aromatic rings. The fraction of sp³-hybridized carbons (Fsp3) is 0.190. The highest BCUT2D eigenvalue weighted by Gasteiger charge is 2.18. The van der Waals surface area contributed by atoms with E-state index in [-0.39, 0.29) is 12.2 Å². The predicted molar refractivity (Wildman–Crippen MR) is 112 cm³/mol. The molecule has 2 aromatic heterocycles. The van der Waals surface area contributed by atoms with E-state index in [1.54, 1.807) is 29.8 Å². The molecule has 0 aliphatic heterocycles. The van der Waals surface area contributed by atoms with Crippen LogP contribution in [-0.4, -0.2) is 20.8 Å². The number of pyridine rings is 1. The van der Waals surface area contributed by atoms with E-state index in [9.17, 15) is 9.90 Å². The van der Waals surface area contributed by atoms with E-state index in [4.69, 9.17) is 23.2 Å². The van der Waals surface area contributed by atoms with Gasteiger partial charge in [-0.3, -0.25) is 9.36 Å². The van der Waals surface area contributed by atoms with Gasteiger partial charge in [0, 0.05) is 40.5 Å². The van der Waals surface area contributed by atoms with Crippen LogP contribution in [-0.2, 0) is 13.6 Å². The second-order valence-corrected chi connectivity index (χ2v) is 7.52. The van der Waals surface area contributed by atoms with Crippen LogP contribution in [0.15, 0.2) is 47.3 Å². The molecule has 0 bridgehead atoms. The van der Waals surface area contributed by atoms with Gasteiger partial charge >= 0.3 is 0 Å². The van der Waals surface area contributed by atoms with Crippen molar-refractivity contribution in [1.29, 1.82) is 0 Å². The number of hydrogen-bond donors (Lipinski definition) is 1. The summed E-state index contributed by atoms with van der Waals surface area (Å²) in [5.41, 5.74) is 3.92. The van der Waals surface area contributed by atoms with Crippen LogP contribution < -0.4 is 5.56 Å². The van der Waals surface area contributed by atoms with Crippen LogP contribution in [0, 0.1) is 6.92 Å². The van der Waals surface area contributed by atoms with Crippen LogP contribution in [0.4, 0.5) is 0 Å². The average Bonchev–Trinajstić information content (AvgIpc) is 2.92. The van der Waals surface area contributed by atoms with Crippen LogP contribution in [0.2, 0.25) is 10.0 Å². The molecule has 2 aromatic carbocycles. The number of nitrogens with zero attached hydrogens (tertiary/aromatic N) is 2. The van der Waals surface area contributed by atoms with Gasteiger partial charge in [0.05, 0.1) is 17.1 Å². The number of fused-ring (bicyclic) bond motifs is 3. The fourth-order valence-corrected chi connectivity index (χ4v) is 4.21. The maximum absolute atomic E-state index is 13.1. The van der Waals surface area contributed by atoms with E-state index in [0.717, 1.165) is 27.5 Å². The molecule has 0 spiro atoms. The summed E-state index contributed by atoms with van der Waals surface area (Å²) in [7, 11) is 1.75. The molecule has 0 atom stereocenters. The highest BCUT2D eigenvalue weighted by molar-refractivity contribution is 6.36. The first-order chi connectivity index (χ1) is 12.9. The molecule has 4 nitrogen and oxygen atoms in total. The van der Waals surface area contributed by atoms with Crippen molar-refractivity contribution in [2.45, 2.75) is 13.5 Å². The molecule has 0 unspecified atom stereocenters. The third-order valence-electron chi connectivity index (χ3n) is 4.92. The number of aliphatic hydroxyl groups is 1. The van der Waals surface area contributed by atoms with Gasteiger partial charge in [0.1, 0.15) is 5.65 Å². The molecule has 6 heteroatoms. The van der Waals surface area contributed by atoms with Crippen molar-refractivity contribution in [3.8, 4) is 11.1 Å². The van der Waals surface area contributed by atoms with Crippen LogP contribution in [0.3, 0.4) is 0 Å².